The van der Waals surface area contributed by atoms with Crippen LogP contribution in [0.15, 0.2) is 0 Å². The van der Waals surface area contributed by atoms with Gasteiger partial charge in [-0.25, -0.2) is 0 Å². The van der Waals surface area contributed by atoms with E-state index in [0.29, 0.717) is 6.42 Å². The van der Waals surface area contributed by atoms with Crippen molar-refractivity contribution in [3.63, 3.8) is 0 Å². The van der Waals surface area contributed by atoms with Crippen LogP contribution in [-0.2, 0) is 4.79 Å². The lowest BCUT2D eigenvalue weighted by molar-refractivity contribution is -0.141. The summed E-state index contributed by atoms with van der Waals surface area (Å²) < 4.78 is 0. The van der Waals surface area contributed by atoms with Gasteiger partial charge in [-0.1, -0.05) is 0 Å². The van der Waals surface area contributed by atoms with Gasteiger partial charge >= 0.3 is 0 Å². The molecule has 3 nitrogen and oxygen atoms in total. The quantitative estimate of drug-likeness (QED) is 0.662. The van der Waals surface area contributed by atoms with Crippen LogP contribution in [0.25, 0.3) is 0 Å². The molecule has 0 spiro atoms. The minimum absolute atomic E-state index is 0.0719. The number of nitrogens with zero attached hydrogens (tertiary/aromatic N) is 1. The normalized spacial score (nSPS) is 25.1. The van der Waals surface area contributed by atoms with E-state index >= 15 is 0 Å². The van der Waals surface area contributed by atoms with Gasteiger partial charge in [-0.15, -0.1) is 0 Å². The highest BCUT2D eigenvalue weighted by molar-refractivity contribution is 5.78. The van der Waals surface area contributed by atoms with E-state index in [-0.39, 0.29) is 24.0 Å². The molecule has 1 saturated heterocycles. The summed E-state index contributed by atoms with van der Waals surface area (Å²) in [5, 5.41) is 8.93. The number of amides is 1. The molecule has 1 rings (SSSR count). The molecule has 1 fully saturated rings. The summed E-state index contributed by atoms with van der Waals surface area (Å²) >= 11 is 0. The Morgan fingerprint density at radius 3 is 2.54 bits per heavy atom. The van der Waals surface area contributed by atoms with Crippen LogP contribution in [0.5, 0.6) is 0 Å². The van der Waals surface area contributed by atoms with Gasteiger partial charge in [0.25, 0.3) is 0 Å². The van der Waals surface area contributed by atoms with Gasteiger partial charge < -0.3 is 10.0 Å². The Bertz CT molecular complexity index is 196. The topological polar surface area (TPSA) is 40.5 Å². The molecular formula is C10H19NO2. The molecule has 3 heteroatoms. The highest BCUT2D eigenvalue weighted by Gasteiger charge is 2.31. The molecule has 1 heterocycles. The number of carbonyl (C=O) groups is 1. The minimum atomic E-state index is -0.0719. The van der Waals surface area contributed by atoms with Crippen LogP contribution in [0.2, 0.25) is 0 Å². The molecule has 0 saturated carbocycles. The number of hydrogen-bond acceptors (Lipinski definition) is 2. The molecule has 0 aromatic heterocycles. The third-order valence-corrected chi connectivity index (χ3v) is 2.59. The Balaban J connectivity index is 2.59. The second-order valence-corrected chi connectivity index (χ2v) is 4.76. The van der Waals surface area contributed by atoms with Crippen LogP contribution in [0, 0.1) is 5.92 Å². The monoisotopic (exact) mass is 185 g/mol. The number of rotatable bonds is 1. The van der Waals surface area contributed by atoms with Gasteiger partial charge in [-0.3, -0.25) is 4.79 Å². The van der Waals surface area contributed by atoms with E-state index in [9.17, 15) is 4.79 Å². The SMILES string of the molecule is CC(C)(C)N1CC[C@H](CO)CC1=O. The summed E-state index contributed by atoms with van der Waals surface area (Å²) in [4.78, 5) is 13.5. The molecule has 76 valence electrons. The zero-order valence-corrected chi connectivity index (χ0v) is 8.71. The first-order chi connectivity index (χ1) is 5.95. The number of aliphatic hydroxyl groups excluding tert-OH is 1. The first-order valence-corrected chi connectivity index (χ1v) is 4.86. The molecule has 0 unspecified atom stereocenters. The summed E-state index contributed by atoms with van der Waals surface area (Å²) in [6, 6.07) is 0. The van der Waals surface area contributed by atoms with Gasteiger partial charge in [-0.05, 0) is 33.1 Å². The summed E-state index contributed by atoms with van der Waals surface area (Å²) in [7, 11) is 0. The van der Waals surface area contributed by atoms with Crippen molar-refractivity contribution in [2.24, 2.45) is 5.92 Å². The second-order valence-electron chi connectivity index (χ2n) is 4.76. The first-order valence-electron chi connectivity index (χ1n) is 4.86. The van der Waals surface area contributed by atoms with Crippen molar-refractivity contribution < 1.29 is 9.90 Å². The van der Waals surface area contributed by atoms with Gasteiger partial charge in [0, 0.05) is 25.1 Å². The molecule has 1 amide bonds. The third kappa shape index (κ3) is 2.44. The molecule has 1 N–H and O–H groups in total. The fraction of sp³-hybridized carbons (Fsp3) is 0.900. The molecule has 1 atom stereocenters. The smallest absolute Gasteiger partial charge is 0.223 e. The van der Waals surface area contributed by atoms with Crippen LogP contribution >= 0.6 is 0 Å². The van der Waals surface area contributed by atoms with Gasteiger partial charge in [0.1, 0.15) is 0 Å². The van der Waals surface area contributed by atoms with Crippen molar-refractivity contribution >= 4 is 5.91 Å². The molecule has 0 radical (unpaired) electrons. The Labute approximate surface area is 79.7 Å². The summed E-state index contributed by atoms with van der Waals surface area (Å²) in [5.41, 5.74) is -0.0719. The predicted octanol–water partition coefficient (Wildman–Crippen LogP) is 1.02. The van der Waals surface area contributed by atoms with Crippen molar-refractivity contribution in [2.75, 3.05) is 13.2 Å². The maximum atomic E-state index is 11.6. The lowest BCUT2D eigenvalue weighted by Crippen LogP contribution is -2.50. The predicted molar refractivity (Wildman–Crippen MR) is 51.3 cm³/mol. The Morgan fingerprint density at radius 2 is 2.15 bits per heavy atom. The zero-order chi connectivity index (χ0) is 10.1. The Kier molecular flexibility index (Phi) is 2.96. The van der Waals surface area contributed by atoms with E-state index in [0.717, 1.165) is 13.0 Å². The summed E-state index contributed by atoms with van der Waals surface area (Å²) in [6.45, 7) is 7.07. The lowest BCUT2D eigenvalue weighted by atomic mass is 9.93. The second kappa shape index (κ2) is 3.66. The summed E-state index contributed by atoms with van der Waals surface area (Å²) in [6.07, 6.45) is 1.44. The van der Waals surface area contributed by atoms with Crippen LogP contribution in [0.1, 0.15) is 33.6 Å². The first kappa shape index (κ1) is 10.5. The van der Waals surface area contributed by atoms with E-state index in [2.05, 4.69) is 0 Å². The lowest BCUT2D eigenvalue weighted by Gasteiger charge is -2.40. The number of hydrogen-bond donors (Lipinski definition) is 1. The summed E-state index contributed by atoms with van der Waals surface area (Å²) in [5.74, 6) is 0.365. The molecule has 0 aromatic carbocycles. The van der Waals surface area contributed by atoms with Crippen molar-refractivity contribution in [1.82, 2.24) is 4.90 Å². The van der Waals surface area contributed by atoms with Crippen molar-refractivity contribution in [3.8, 4) is 0 Å². The molecule has 1 aliphatic rings. The number of likely N-dealkylation sites (tertiary alicyclic amines) is 1. The van der Waals surface area contributed by atoms with E-state index in [1.807, 2.05) is 25.7 Å². The van der Waals surface area contributed by atoms with Crippen LogP contribution in [0.4, 0.5) is 0 Å². The molecule has 0 bridgehead atoms. The molecule has 1 aliphatic heterocycles. The Morgan fingerprint density at radius 1 is 1.54 bits per heavy atom. The average molecular weight is 185 g/mol. The average Bonchev–Trinajstić information content (AvgIpc) is 2.01. The largest absolute Gasteiger partial charge is 0.396 e. The fourth-order valence-corrected chi connectivity index (χ4v) is 1.76. The van der Waals surface area contributed by atoms with Gasteiger partial charge in [0.05, 0.1) is 0 Å². The highest BCUT2D eigenvalue weighted by atomic mass is 16.3. The number of aliphatic hydroxyl groups is 1. The maximum absolute atomic E-state index is 11.6. The highest BCUT2D eigenvalue weighted by Crippen LogP contribution is 2.24. The molecule has 0 aliphatic carbocycles. The van der Waals surface area contributed by atoms with Gasteiger partial charge in [0.15, 0.2) is 0 Å². The van der Waals surface area contributed by atoms with Crippen molar-refractivity contribution in [3.05, 3.63) is 0 Å². The Hall–Kier alpha value is -0.570. The van der Waals surface area contributed by atoms with Crippen molar-refractivity contribution in [2.45, 2.75) is 39.2 Å². The van der Waals surface area contributed by atoms with Gasteiger partial charge in [0.2, 0.25) is 5.91 Å². The van der Waals surface area contributed by atoms with E-state index < -0.39 is 0 Å². The molecular weight excluding hydrogens is 166 g/mol. The molecule has 13 heavy (non-hydrogen) atoms. The number of carbonyl (C=O) groups excluding carboxylic acids is 1. The molecule has 0 aromatic rings. The third-order valence-electron chi connectivity index (χ3n) is 2.59. The van der Waals surface area contributed by atoms with Crippen LogP contribution in [0.3, 0.4) is 0 Å². The standard InChI is InChI=1S/C10H19NO2/c1-10(2,3)11-5-4-8(7-12)6-9(11)13/h8,12H,4-7H2,1-3H3/t8-/m0/s1. The zero-order valence-electron chi connectivity index (χ0n) is 8.71. The number of piperidine rings is 1. The van der Waals surface area contributed by atoms with E-state index in [4.69, 9.17) is 5.11 Å². The van der Waals surface area contributed by atoms with E-state index in [1.54, 1.807) is 0 Å². The fourth-order valence-electron chi connectivity index (χ4n) is 1.76. The van der Waals surface area contributed by atoms with Crippen molar-refractivity contribution in [1.29, 1.82) is 0 Å². The minimum Gasteiger partial charge on any atom is -0.396 e. The van der Waals surface area contributed by atoms with Gasteiger partial charge in [-0.2, -0.15) is 0 Å². The maximum Gasteiger partial charge on any atom is 0.223 e. The van der Waals surface area contributed by atoms with E-state index in [1.165, 1.54) is 0 Å². The van der Waals surface area contributed by atoms with Crippen LogP contribution in [-0.4, -0.2) is 34.6 Å². The van der Waals surface area contributed by atoms with Crippen LogP contribution < -0.4 is 0 Å².